The summed E-state index contributed by atoms with van der Waals surface area (Å²) in [5.41, 5.74) is 8.30. The molecule has 0 saturated carbocycles. The number of phenolic OH excluding ortho intramolecular Hbond substituents is 1. The Balaban J connectivity index is 2.04. The van der Waals surface area contributed by atoms with Gasteiger partial charge in [0.15, 0.2) is 0 Å². The van der Waals surface area contributed by atoms with Crippen molar-refractivity contribution in [1.29, 1.82) is 0 Å². The van der Waals surface area contributed by atoms with E-state index in [0.717, 1.165) is 5.75 Å². The van der Waals surface area contributed by atoms with E-state index in [1.54, 1.807) is 24.3 Å². The van der Waals surface area contributed by atoms with Crippen LogP contribution in [0, 0.1) is 6.92 Å². The van der Waals surface area contributed by atoms with E-state index in [1.165, 1.54) is 11.1 Å². The van der Waals surface area contributed by atoms with Gasteiger partial charge in [0.1, 0.15) is 11.5 Å². The lowest BCUT2D eigenvalue weighted by Gasteiger charge is -2.18. The predicted molar refractivity (Wildman–Crippen MR) is 76.6 cm³/mol. The Morgan fingerprint density at radius 3 is 2.42 bits per heavy atom. The van der Waals surface area contributed by atoms with Gasteiger partial charge in [-0.1, -0.05) is 24.3 Å². The first kappa shape index (κ1) is 13.4. The molecule has 3 nitrogen and oxygen atoms in total. The van der Waals surface area contributed by atoms with Crippen LogP contribution in [0.4, 0.5) is 0 Å². The van der Waals surface area contributed by atoms with E-state index < -0.39 is 0 Å². The van der Waals surface area contributed by atoms with E-state index >= 15 is 0 Å². The van der Waals surface area contributed by atoms with Crippen molar-refractivity contribution in [2.75, 3.05) is 13.2 Å². The molecule has 0 radical (unpaired) electrons. The Morgan fingerprint density at radius 2 is 1.79 bits per heavy atom. The lowest BCUT2D eigenvalue weighted by atomic mass is 9.96. The maximum Gasteiger partial charge on any atom is 0.119 e. The van der Waals surface area contributed by atoms with Crippen molar-refractivity contribution in [3.8, 4) is 11.5 Å². The SMILES string of the molecule is Cc1ccccc1C(CN)COc1ccc(O)cc1. The molecule has 0 amide bonds. The van der Waals surface area contributed by atoms with Crippen molar-refractivity contribution in [3.63, 3.8) is 0 Å². The first-order valence-corrected chi connectivity index (χ1v) is 6.38. The molecule has 1 atom stereocenters. The van der Waals surface area contributed by atoms with Gasteiger partial charge in [0, 0.05) is 12.5 Å². The molecule has 0 spiro atoms. The van der Waals surface area contributed by atoms with Gasteiger partial charge in [0.2, 0.25) is 0 Å². The molecule has 0 aliphatic heterocycles. The Morgan fingerprint density at radius 1 is 1.11 bits per heavy atom. The molecule has 1 unspecified atom stereocenters. The number of ether oxygens (including phenoxy) is 1. The second-order valence-electron chi connectivity index (χ2n) is 4.59. The first-order chi connectivity index (χ1) is 9.20. The van der Waals surface area contributed by atoms with E-state index in [0.29, 0.717) is 13.2 Å². The molecule has 0 aliphatic carbocycles. The molecule has 3 N–H and O–H groups in total. The minimum Gasteiger partial charge on any atom is -0.508 e. The monoisotopic (exact) mass is 257 g/mol. The second kappa shape index (κ2) is 6.25. The van der Waals surface area contributed by atoms with Crippen LogP contribution < -0.4 is 10.5 Å². The Labute approximate surface area is 113 Å². The predicted octanol–water partition coefficient (Wildman–Crippen LogP) is 2.82. The van der Waals surface area contributed by atoms with Crippen molar-refractivity contribution in [3.05, 3.63) is 59.7 Å². The van der Waals surface area contributed by atoms with Crippen molar-refractivity contribution >= 4 is 0 Å². The summed E-state index contributed by atoms with van der Waals surface area (Å²) in [7, 11) is 0. The quantitative estimate of drug-likeness (QED) is 0.866. The van der Waals surface area contributed by atoms with Gasteiger partial charge < -0.3 is 15.6 Å². The molecule has 2 aromatic carbocycles. The average Bonchev–Trinajstić information content (AvgIpc) is 2.43. The fourth-order valence-electron chi connectivity index (χ4n) is 2.07. The standard InChI is InChI=1S/C16H19NO2/c1-12-4-2-3-5-16(12)13(10-17)11-19-15-8-6-14(18)7-9-15/h2-9,13,18H,10-11,17H2,1H3. The van der Waals surface area contributed by atoms with Gasteiger partial charge in [-0.2, -0.15) is 0 Å². The molecular weight excluding hydrogens is 238 g/mol. The Kier molecular flexibility index (Phi) is 4.42. The maximum atomic E-state index is 9.22. The Hall–Kier alpha value is -2.00. The molecule has 0 bridgehead atoms. The highest BCUT2D eigenvalue weighted by Gasteiger charge is 2.12. The molecule has 3 heteroatoms. The zero-order valence-electron chi connectivity index (χ0n) is 11.0. The van der Waals surface area contributed by atoms with E-state index in [-0.39, 0.29) is 11.7 Å². The summed E-state index contributed by atoms with van der Waals surface area (Å²) in [6.07, 6.45) is 0. The number of benzene rings is 2. The van der Waals surface area contributed by atoms with Crippen LogP contribution >= 0.6 is 0 Å². The van der Waals surface area contributed by atoms with Crippen molar-refractivity contribution in [2.45, 2.75) is 12.8 Å². The van der Waals surface area contributed by atoms with Gasteiger partial charge in [-0.25, -0.2) is 0 Å². The van der Waals surface area contributed by atoms with Crippen molar-refractivity contribution in [2.24, 2.45) is 5.73 Å². The van der Waals surface area contributed by atoms with Gasteiger partial charge in [0.25, 0.3) is 0 Å². The van der Waals surface area contributed by atoms with Crippen LogP contribution in [0.2, 0.25) is 0 Å². The van der Waals surface area contributed by atoms with E-state index in [2.05, 4.69) is 19.1 Å². The van der Waals surface area contributed by atoms with Crippen LogP contribution in [0.5, 0.6) is 11.5 Å². The second-order valence-corrected chi connectivity index (χ2v) is 4.59. The number of nitrogens with two attached hydrogens (primary N) is 1. The Bertz CT molecular complexity index is 523. The van der Waals surface area contributed by atoms with Gasteiger partial charge in [0.05, 0.1) is 6.61 Å². The summed E-state index contributed by atoms with van der Waals surface area (Å²) in [4.78, 5) is 0. The normalized spacial score (nSPS) is 12.1. The van der Waals surface area contributed by atoms with Crippen LogP contribution in [0.1, 0.15) is 17.0 Å². The fourth-order valence-corrected chi connectivity index (χ4v) is 2.07. The summed E-state index contributed by atoms with van der Waals surface area (Å²) >= 11 is 0. The molecule has 19 heavy (non-hydrogen) atoms. The fraction of sp³-hybridized carbons (Fsp3) is 0.250. The lowest BCUT2D eigenvalue weighted by molar-refractivity contribution is 0.289. The highest BCUT2D eigenvalue weighted by Crippen LogP contribution is 2.21. The zero-order valence-corrected chi connectivity index (χ0v) is 11.0. The van der Waals surface area contributed by atoms with Crippen molar-refractivity contribution in [1.82, 2.24) is 0 Å². The summed E-state index contributed by atoms with van der Waals surface area (Å²) in [5.74, 6) is 1.15. The first-order valence-electron chi connectivity index (χ1n) is 6.38. The number of aromatic hydroxyl groups is 1. The number of hydrogen-bond donors (Lipinski definition) is 2. The van der Waals surface area contributed by atoms with E-state index in [4.69, 9.17) is 10.5 Å². The van der Waals surface area contributed by atoms with E-state index in [1.807, 2.05) is 12.1 Å². The number of aryl methyl sites for hydroxylation is 1. The minimum atomic E-state index is 0.176. The molecule has 0 heterocycles. The topological polar surface area (TPSA) is 55.5 Å². The van der Waals surface area contributed by atoms with Crippen LogP contribution in [0.3, 0.4) is 0 Å². The maximum absolute atomic E-state index is 9.22. The molecule has 0 saturated heterocycles. The number of hydrogen-bond acceptors (Lipinski definition) is 3. The highest BCUT2D eigenvalue weighted by atomic mass is 16.5. The summed E-state index contributed by atoms with van der Waals surface area (Å²) in [6.45, 7) is 3.16. The van der Waals surface area contributed by atoms with Gasteiger partial charge in [-0.15, -0.1) is 0 Å². The number of phenols is 1. The smallest absolute Gasteiger partial charge is 0.119 e. The molecule has 0 fully saturated rings. The third-order valence-electron chi connectivity index (χ3n) is 3.20. The highest BCUT2D eigenvalue weighted by molar-refractivity contribution is 5.32. The molecule has 0 aliphatic rings. The van der Waals surface area contributed by atoms with Gasteiger partial charge in [-0.3, -0.25) is 0 Å². The average molecular weight is 257 g/mol. The zero-order chi connectivity index (χ0) is 13.7. The molecule has 2 rings (SSSR count). The number of rotatable bonds is 5. The van der Waals surface area contributed by atoms with Gasteiger partial charge >= 0.3 is 0 Å². The molecule has 100 valence electrons. The third kappa shape index (κ3) is 3.48. The van der Waals surface area contributed by atoms with Crippen LogP contribution in [0.25, 0.3) is 0 Å². The third-order valence-corrected chi connectivity index (χ3v) is 3.20. The lowest BCUT2D eigenvalue weighted by Crippen LogP contribution is -2.20. The van der Waals surface area contributed by atoms with Gasteiger partial charge in [-0.05, 0) is 42.3 Å². The van der Waals surface area contributed by atoms with Crippen LogP contribution in [-0.4, -0.2) is 18.3 Å². The summed E-state index contributed by atoms with van der Waals surface area (Å²) in [5, 5.41) is 9.22. The largest absolute Gasteiger partial charge is 0.508 e. The summed E-state index contributed by atoms with van der Waals surface area (Å²) < 4.78 is 5.73. The van der Waals surface area contributed by atoms with Crippen LogP contribution in [0.15, 0.2) is 48.5 Å². The molecule has 0 aromatic heterocycles. The van der Waals surface area contributed by atoms with E-state index in [9.17, 15) is 5.11 Å². The molecule has 2 aromatic rings. The van der Waals surface area contributed by atoms with Crippen LogP contribution in [-0.2, 0) is 0 Å². The van der Waals surface area contributed by atoms with Crippen molar-refractivity contribution < 1.29 is 9.84 Å². The minimum absolute atomic E-state index is 0.176. The summed E-state index contributed by atoms with van der Waals surface area (Å²) in [6, 6.07) is 14.9. The molecular formula is C16H19NO2.